The van der Waals surface area contributed by atoms with Gasteiger partial charge >= 0.3 is 18.0 Å². The summed E-state index contributed by atoms with van der Waals surface area (Å²) in [5.41, 5.74) is 1.72. The standard InChI is InChI=1S/C23H27NO6.ClH/c1-3-29-22(27)20(15-14-18-10-6-4-7-11-18)24(17(2)21(25)26)23(28)30-16-19-12-8-5-9-13-19;/h4-13,17,20H,3,14-16H2,1-2H3,(H,25,26);1H/t17-,20-;/m0./s1. The molecule has 0 spiro atoms. The zero-order valence-electron chi connectivity index (χ0n) is 17.6. The van der Waals surface area contributed by atoms with Crippen molar-refractivity contribution in [1.82, 2.24) is 4.90 Å². The van der Waals surface area contributed by atoms with E-state index in [1.165, 1.54) is 6.92 Å². The Morgan fingerprint density at radius 2 is 1.48 bits per heavy atom. The number of carbonyl (C=O) groups is 3. The Labute approximate surface area is 188 Å². The van der Waals surface area contributed by atoms with Gasteiger partial charge in [0.15, 0.2) is 0 Å². The topological polar surface area (TPSA) is 93.1 Å². The molecule has 0 bridgehead atoms. The van der Waals surface area contributed by atoms with Crippen LogP contribution in [0, 0.1) is 0 Å². The molecule has 0 aromatic heterocycles. The number of aryl methyl sites for hydroxylation is 1. The lowest BCUT2D eigenvalue weighted by Crippen LogP contribution is -2.53. The summed E-state index contributed by atoms with van der Waals surface area (Å²) in [5.74, 6) is -1.89. The molecule has 2 rings (SSSR count). The van der Waals surface area contributed by atoms with Crippen molar-refractivity contribution in [3.63, 3.8) is 0 Å². The molecule has 168 valence electrons. The highest BCUT2D eigenvalue weighted by molar-refractivity contribution is 5.86. The van der Waals surface area contributed by atoms with E-state index in [1.54, 1.807) is 19.1 Å². The monoisotopic (exact) mass is 449 g/mol. The summed E-state index contributed by atoms with van der Waals surface area (Å²) in [6.07, 6.45) is -0.195. The normalized spacial score (nSPS) is 12.1. The number of nitrogens with zero attached hydrogens (tertiary/aromatic N) is 1. The summed E-state index contributed by atoms with van der Waals surface area (Å²) >= 11 is 0. The number of hydrogen-bond donors (Lipinski definition) is 1. The lowest BCUT2D eigenvalue weighted by atomic mass is 10.0. The summed E-state index contributed by atoms with van der Waals surface area (Å²) in [6.45, 7) is 3.09. The van der Waals surface area contributed by atoms with Gasteiger partial charge in [-0.2, -0.15) is 0 Å². The van der Waals surface area contributed by atoms with Crippen molar-refractivity contribution in [2.45, 2.75) is 45.4 Å². The third kappa shape index (κ3) is 7.94. The third-order valence-electron chi connectivity index (χ3n) is 4.63. The van der Waals surface area contributed by atoms with Crippen molar-refractivity contribution in [3.8, 4) is 0 Å². The van der Waals surface area contributed by atoms with Gasteiger partial charge in [-0.15, -0.1) is 12.4 Å². The predicted octanol–water partition coefficient (Wildman–Crippen LogP) is 4.08. The fourth-order valence-corrected chi connectivity index (χ4v) is 3.03. The molecule has 7 nitrogen and oxygen atoms in total. The zero-order chi connectivity index (χ0) is 21.9. The molecule has 0 radical (unpaired) electrons. The van der Waals surface area contributed by atoms with Crippen molar-refractivity contribution in [2.24, 2.45) is 0 Å². The van der Waals surface area contributed by atoms with Crippen LogP contribution in [-0.4, -0.2) is 46.7 Å². The van der Waals surface area contributed by atoms with E-state index in [1.807, 2.05) is 48.5 Å². The first-order valence-corrected chi connectivity index (χ1v) is 9.86. The lowest BCUT2D eigenvalue weighted by Gasteiger charge is -2.32. The molecule has 0 heterocycles. The number of aliphatic carboxylic acids is 1. The van der Waals surface area contributed by atoms with Gasteiger partial charge in [0.05, 0.1) is 6.61 Å². The molecule has 1 N–H and O–H groups in total. The number of esters is 1. The predicted molar refractivity (Wildman–Crippen MR) is 118 cm³/mol. The summed E-state index contributed by atoms with van der Waals surface area (Å²) in [4.78, 5) is 38.1. The van der Waals surface area contributed by atoms with Crippen LogP contribution >= 0.6 is 12.4 Å². The second-order valence-electron chi connectivity index (χ2n) is 6.75. The molecule has 2 aromatic rings. The van der Waals surface area contributed by atoms with Gasteiger partial charge in [-0.25, -0.2) is 14.4 Å². The molecule has 0 saturated heterocycles. The highest BCUT2D eigenvalue weighted by atomic mass is 35.5. The van der Waals surface area contributed by atoms with Crippen LogP contribution < -0.4 is 0 Å². The van der Waals surface area contributed by atoms with Crippen LogP contribution in [-0.2, 0) is 32.1 Å². The van der Waals surface area contributed by atoms with Crippen LogP contribution in [0.3, 0.4) is 0 Å². The van der Waals surface area contributed by atoms with Gasteiger partial charge < -0.3 is 14.6 Å². The van der Waals surface area contributed by atoms with Crippen LogP contribution in [0.4, 0.5) is 4.79 Å². The number of carboxylic acids is 1. The molecule has 1 amide bonds. The number of rotatable bonds is 10. The molecule has 0 saturated carbocycles. The van der Waals surface area contributed by atoms with E-state index < -0.39 is 30.1 Å². The van der Waals surface area contributed by atoms with Crippen LogP contribution in [0.15, 0.2) is 60.7 Å². The van der Waals surface area contributed by atoms with Crippen molar-refractivity contribution in [2.75, 3.05) is 6.61 Å². The number of amides is 1. The van der Waals surface area contributed by atoms with E-state index >= 15 is 0 Å². The maximum Gasteiger partial charge on any atom is 0.411 e. The molecule has 31 heavy (non-hydrogen) atoms. The minimum absolute atomic E-state index is 0. The second kappa shape index (κ2) is 13.3. The Morgan fingerprint density at radius 3 is 2.00 bits per heavy atom. The largest absolute Gasteiger partial charge is 0.480 e. The minimum atomic E-state index is -1.27. The number of ether oxygens (including phenoxy) is 2. The molecule has 0 aliphatic heterocycles. The molecule has 0 aliphatic rings. The summed E-state index contributed by atoms with van der Waals surface area (Å²) in [5, 5.41) is 9.53. The summed E-state index contributed by atoms with van der Waals surface area (Å²) < 4.78 is 10.5. The molecule has 0 fully saturated rings. The Bertz CT molecular complexity index is 830. The van der Waals surface area contributed by atoms with Gasteiger partial charge in [-0.05, 0) is 37.8 Å². The van der Waals surface area contributed by atoms with Gasteiger partial charge in [-0.1, -0.05) is 60.7 Å². The highest BCUT2D eigenvalue weighted by Crippen LogP contribution is 2.18. The maximum absolute atomic E-state index is 12.9. The molecule has 0 aliphatic carbocycles. The number of carboxylic acid groups (broad SMARTS) is 1. The molecule has 8 heteroatoms. The fraction of sp³-hybridized carbons (Fsp3) is 0.348. The van der Waals surface area contributed by atoms with E-state index in [-0.39, 0.29) is 32.0 Å². The number of benzene rings is 2. The van der Waals surface area contributed by atoms with E-state index in [2.05, 4.69) is 0 Å². The third-order valence-corrected chi connectivity index (χ3v) is 4.63. The smallest absolute Gasteiger partial charge is 0.411 e. The first-order valence-electron chi connectivity index (χ1n) is 9.86. The zero-order valence-corrected chi connectivity index (χ0v) is 18.4. The van der Waals surface area contributed by atoms with Gasteiger partial charge in [-0.3, -0.25) is 4.90 Å². The SMILES string of the molecule is CCOC(=O)[C@H](CCc1ccccc1)N(C(=O)OCc1ccccc1)[C@@H](C)C(=O)O.Cl. The summed E-state index contributed by atoms with van der Waals surface area (Å²) in [7, 11) is 0. The number of halogens is 1. The van der Waals surface area contributed by atoms with Crippen LogP contribution in [0.1, 0.15) is 31.4 Å². The molecule has 0 unspecified atom stereocenters. The van der Waals surface area contributed by atoms with E-state index in [4.69, 9.17) is 9.47 Å². The van der Waals surface area contributed by atoms with Crippen LogP contribution in [0.5, 0.6) is 0 Å². The maximum atomic E-state index is 12.9. The first-order chi connectivity index (χ1) is 14.4. The van der Waals surface area contributed by atoms with Crippen LogP contribution in [0.2, 0.25) is 0 Å². The lowest BCUT2D eigenvalue weighted by molar-refractivity contribution is -0.153. The van der Waals surface area contributed by atoms with Gasteiger partial charge in [0, 0.05) is 0 Å². The van der Waals surface area contributed by atoms with Gasteiger partial charge in [0.1, 0.15) is 18.7 Å². The fourth-order valence-electron chi connectivity index (χ4n) is 3.03. The Hall–Kier alpha value is -3.06. The minimum Gasteiger partial charge on any atom is -0.480 e. The van der Waals surface area contributed by atoms with E-state index in [9.17, 15) is 19.5 Å². The Balaban J connectivity index is 0.00000480. The Kier molecular flexibility index (Phi) is 11.1. The van der Waals surface area contributed by atoms with Crippen molar-refractivity contribution < 1.29 is 29.0 Å². The van der Waals surface area contributed by atoms with Crippen molar-refractivity contribution >= 4 is 30.4 Å². The molecule has 2 atom stereocenters. The Morgan fingerprint density at radius 1 is 0.935 bits per heavy atom. The quantitative estimate of drug-likeness (QED) is 0.549. The average molecular weight is 450 g/mol. The van der Waals surface area contributed by atoms with Gasteiger partial charge in [0.2, 0.25) is 0 Å². The molecular weight excluding hydrogens is 422 g/mol. The molecular formula is C23H28ClNO6. The van der Waals surface area contributed by atoms with Crippen molar-refractivity contribution in [3.05, 3.63) is 71.8 Å². The second-order valence-corrected chi connectivity index (χ2v) is 6.75. The first kappa shape index (κ1) is 26.0. The highest BCUT2D eigenvalue weighted by Gasteiger charge is 2.38. The van der Waals surface area contributed by atoms with Crippen molar-refractivity contribution in [1.29, 1.82) is 0 Å². The summed E-state index contributed by atoms with van der Waals surface area (Å²) in [6, 6.07) is 16.1. The van der Waals surface area contributed by atoms with Crippen LogP contribution in [0.25, 0.3) is 0 Å². The number of hydrogen-bond acceptors (Lipinski definition) is 5. The molecule has 2 aromatic carbocycles. The van der Waals surface area contributed by atoms with Gasteiger partial charge in [0.25, 0.3) is 0 Å². The number of carbonyl (C=O) groups excluding carboxylic acids is 2. The van der Waals surface area contributed by atoms with E-state index in [0.29, 0.717) is 6.42 Å². The average Bonchev–Trinajstić information content (AvgIpc) is 2.76. The van der Waals surface area contributed by atoms with E-state index in [0.717, 1.165) is 16.0 Å².